The van der Waals surface area contributed by atoms with Gasteiger partial charge in [0.15, 0.2) is 0 Å². The van der Waals surface area contributed by atoms with Gasteiger partial charge in [-0.15, -0.1) is 0 Å². The van der Waals surface area contributed by atoms with E-state index in [1.54, 1.807) is 0 Å². The van der Waals surface area contributed by atoms with Gasteiger partial charge in [0.25, 0.3) is 5.56 Å². The molecule has 3 rings (SSSR count). The van der Waals surface area contributed by atoms with E-state index >= 15 is 0 Å². The molecule has 0 aliphatic carbocycles. The topological polar surface area (TPSA) is 75.5 Å². The number of hydrogen-bond donors (Lipinski definition) is 0. The van der Waals surface area contributed by atoms with E-state index in [1.807, 2.05) is 30.6 Å². The van der Waals surface area contributed by atoms with Crippen molar-refractivity contribution in [2.24, 2.45) is 5.41 Å². The molecule has 0 N–H and O–H groups in total. The van der Waals surface area contributed by atoms with E-state index < -0.39 is 0 Å². The third-order valence-electron chi connectivity index (χ3n) is 6.03. The normalized spacial score (nSPS) is 19.9. The van der Waals surface area contributed by atoms with Crippen LogP contribution in [0.15, 0.2) is 10.9 Å². The van der Waals surface area contributed by atoms with Crippen molar-refractivity contribution in [1.29, 1.82) is 0 Å². The molecule has 1 aromatic heterocycles. The number of rotatable bonds is 3. The largest absolute Gasteiger partial charge is 0.342 e. The van der Waals surface area contributed by atoms with Crippen molar-refractivity contribution >= 4 is 11.8 Å². The summed E-state index contributed by atoms with van der Waals surface area (Å²) >= 11 is 0. The molecule has 2 aliphatic heterocycles. The summed E-state index contributed by atoms with van der Waals surface area (Å²) in [7, 11) is 0. The maximum atomic E-state index is 12.6. The fraction of sp³-hybridized carbons (Fsp3) is 0.684. The Morgan fingerprint density at radius 3 is 2.54 bits per heavy atom. The van der Waals surface area contributed by atoms with Gasteiger partial charge in [-0.3, -0.25) is 14.4 Å². The molecule has 2 aliphatic rings. The number of carbonyl (C=O) groups is 2. The second kappa shape index (κ2) is 7.21. The van der Waals surface area contributed by atoms with Gasteiger partial charge < -0.3 is 9.80 Å². The van der Waals surface area contributed by atoms with Gasteiger partial charge in [0, 0.05) is 38.7 Å². The molecule has 2 fully saturated rings. The summed E-state index contributed by atoms with van der Waals surface area (Å²) in [5.74, 6) is 0.189. The molecular weight excluding hydrogens is 332 g/mol. The quantitative estimate of drug-likeness (QED) is 0.809. The molecule has 26 heavy (non-hydrogen) atoms. The monoisotopic (exact) mass is 360 g/mol. The Balaban J connectivity index is 1.61. The number of nitrogens with zero attached hydrogens (tertiary/aromatic N) is 4. The first kappa shape index (κ1) is 18.6. The van der Waals surface area contributed by atoms with Crippen LogP contribution in [0.2, 0.25) is 0 Å². The van der Waals surface area contributed by atoms with Crippen molar-refractivity contribution in [2.45, 2.75) is 53.0 Å². The molecule has 0 saturated carbocycles. The van der Waals surface area contributed by atoms with Crippen LogP contribution in [0.25, 0.3) is 0 Å². The Bertz CT molecular complexity index is 763. The lowest BCUT2D eigenvalue weighted by Crippen LogP contribution is -2.52. The lowest BCUT2D eigenvalue weighted by Gasteiger charge is -2.47. The predicted octanol–water partition coefficient (Wildman–Crippen LogP) is 1.11. The van der Waals surface area contributed by atoms with E-state index in [2.05, 4.69) is 5.10 Å². The van der Waals surface area contributed by atoms with Crippen LogP contribution in [0, 0.1) is 19.3 Å². The van der Waals surface area contributed by atoms with Gasteiger partial charge in [0.05, 0.1) is 5.69 Å². The number of carbonyl (C=O) groups excluding carboxylic acids is 2. The third kappa shape index (κ3) is 3.66. The van der Waals surface area contributed by atoms with Gasteiger partial charge >= 0.3 is 0 Å². The van der Waals surface area contributed by atoms with Crippen molar-refractivity contribution in [3.8, 4) is 0 Å². The Morgan fingerprint density at radius 1 is 1.19 bits per heavy atom. The molecule has 142 valence electrons. The number of amides is 2. The Kier molecular flexibility index (Phi) is 5.16. The van der Waals surface area contributed by atoms with Crippen LogP contribution >= 0.6 is 0 Å². The first-order chi connectivity index (χ1) is 12.3. The van der Waals surface area contributed by atoms with Gasteiger partial charge in [-0.05, 0) is 51.0 Å². The SMILES string of the molecule is CCN1CC2(CCC1=O)CCN(C(=O)Cn1nc(C)c(C)cc1=O)CC2. The number of piperidine rings is 2. The van der Waals surface area contributed by atoms with E-state index in [9.17, 15) is 14.4 Å². The van der Waals surface area contributed by atoms with E-state index in [1.165, 1.54) is 10.7 Å². The summed E-state index contributed by atoms with van der Waals surface area (Å²) in [6.07, 6.45) is 3.36. The molecule has 1 aromatic rings. The number of hydrogen-bond acceptors (Lipinski definition) is 4. The Labute approximate surface area is 154 Å². The minimum atomic E-state index is -0.237. The number of aryl methyl sites for hydroxylation is 2. The highest BCUT2D eigenvalue weighted by atomic mass is 16.2. The molecule has 2 saturated heterocycles. The summed E-state index contributed by atoms with van der Waals surface area (Å²) in [4.78, 5) is 40.4. The van der Waals surface area contributed by atoms with E-state index in [0.29, 0.717) is 19.5 Å². The van der Waals surface area contributed by atoms with E-state index in [0.717, 1.165) is 43.6 Å². The fourth-order valence-corrected chi connectivity index (χ4v) is 4.04. The molecule has 0 radical (unpaired) electrons. The maximum absolute atomic E-state index is 12.6. The van der Waals surface area contributed by atoms with Crippen molar-refractivity contribution in [2.75, 3.05) is 26.2 Å². The second-order valence-corrected chi connectivity index (χ2v) is 7.70. The van der Waals surface area contributed by atoms with Crippen molar-refractivity contribution in [1.82, 2.24) is 19.6 Å². The second-order valence-electron chi connectivity index (χ2n) is 7.70. The van der Waals surface area contributed by atoms with E-state index in [-0.39, 0.29) is 29.3 Å². The van der Waals surface area contributed by atoms with Gasteiger partial charge in [-0.1, -0.05) is 0 Å². The van der Waals surface area contributed by atoms with Crippen molar-refractivity contribution in [3.05, 3.63) is 27.7 Å². The fourth-order valence-electron chi connectivity index (χ4n) is 4.04. The van der Waals surface area contributed by atoms with Crippen molar-refractivity contribution in [3.63, 3.8) is 0 Å². The first-order valence-corrected chi connectivity index (χ1v) is 9.44. The highest BCUT2D eigenvalue weighted by Crippen LogP contribution is 2.40. The predicted molar refractivity (Wildman–Crippen MR) is 97.7 cm³/mol. The summed E-state index contributed by atoms with van der Waals surface area (Å²) < 4.78 is 1.26. The molecule has 0 aromatic carbocycles. The van der Waals surface area contributed by atoms with E-state index in [4.69, 9.17) is 0 Å². The highest BCUT2D eigenvalue weighted by Gasteiger charge is 2.41. The molecule has 7 heteroatoms. The summed E-state index contributed by atoms with van der Waals surface area (Å²) in [5, 5.41) is 4.23. The van der Waals surface area contributed by atoms with Gasteiger partial charge in [-0.25, -0.2) is 4.68 Å². The molecule has 1 spiro atoms. The average molecular weight is 360 g/mol. The van der Waals surface area contributed by atoms with Crippen LogP contribution in [0.3, 0.4) is 0 Å². The first-order valence-electron chi connectivity index (χ1n) is 9.44. The third-order valence-corrected chi connectivity index (χ3v) is 6.03. The lowest BCUT2D eigenvalue weighted by molar-refractivity contribution is -0.142. The minimum absolute atomic E-state index is 0.00742. The van der Waals surface area contributed by atoms with Crippen molar-refractivity contribution < 1.29 is 9.59 Å². The zero-order valence-electron chi connectivity index (χ0n) is 16.0. The zero-order valence-corrected chi connectivity index (χ0v) is 16.0. The van der Waals surface area contributed by atoms with Crippen LogP contribution in [0.4, 0.5) is 0 Å². The zero-order chi connectivity index (χ0) is 18.9. The summed E-state index contributed by atoms with van der Waals surface area (Å²) in [5.41, 5.74) is 1.52. The number of likely N-dealkylation sites (tertiary alicyclic amines) is 2. The highest BCUT2D eigenvalue weighted by molar-refractivity contribution is 5.77. The molecule has 0 bridgehead atoms. The molecular formula is C19H28N4O3. The smallest absolute Gasteiger partial charge is 0.267 e. The van der Waals surface area contributed by atoms with Gasteiger partial charge in [-0.2, -0.15) is 5.10 Å². The molecule has 0 unspecified atom stereocenters. The Hall–Kier alpha value is -2.18. The van der Waals surface area contributed by atoms with Gasteiger partial charge in [0.1, 0.15) is 6.54 Å². The summed E-state index contributed by atoms with van der Waals surface area (Å²) in [6, 6.07) is 1.53. The van der Waals surface area contributed by atoms with Crippen LogP contribution in [-0.4, -0.2) is 57.6 Å². The summed E-state index contributed by atoms with van der Waals surface area (Å²) in [6.45, 7) is 8.62. The Morgan fingerprint density at radius 2 is 1.88 bits per heavy atom. The van der Waals surface area contributed by atoms with Crippen LogP contribution in [0.1, 0.15) is 43.9 Å². The van der Waals surface area contributed by atoms with Gasteiger partial charge in [0.2, 0.25) is 11.8 Å². The minimum Gasteiger partial charge on any atom is -0.342 e. The van der Waals surface area contributed by atoms with Crippen LogP contribution in [-0.2, 0) is 16.1 Å². The molecule has 2 amide bonds. The molecule has 3 heterocycles. The standard InChI is InChI=1S/C19H28N4O3/c1-4-21-13-19(6-5-16(21)24)7-9-22(10-8-19)18(26)12-23-17(25)11-14(2)15(3)20-23/h11H,4-10,12-13H2,1-3H3. The number of aromatic nitrogens is 2. The molecule has 7 nitrogen and oxygen atoms in total. The molecule has 0 atom stereocenters. The average Bonchev–Trinajstić information content (AvgIpc) is 2.62. The lowest BCUT2D eigenvalue weighted by atomic mass is 9.72. The van der Waals surface area contributed by atoms with Crippen LogP contribution < -0.4 is 5.56 Å². The van der Waals surface area contributed by atoms with Crippen LogP contribution in [0.5, 0.6) is 0 Å². The maximum Gasteiger partial charge on any atom is 0.267 e.